The van der Waals surface area contributed by atoms with Gasteiger partial charge in [0.15, 0.2) is 0 Å². The van der Waals surface area contributed by atoms with E-state index >= 15 is 0 Å². The highest BCUT2D eigenvalue weighted by atomic mass is 32.2. The Balaban J connectivity index is 0. The molecule has 13 heavy (non-hydrogen) atoms. The van der Waals surface area contributed by atoms with Crippen LogP contribution in [0.5, 0.6) is 0 Å². The highest BCUT2D eigenvalue weighted by Gasteiger charge is 1.91. The van der Waals surface area contributed by atoms with Crippen molar-refractivity contribution in [2.24, 2.45) is 0 Å². The van der Waals surface area contributed by atoms with E-state index in [1.54, 1.807) is 0 Å². The minimum Gasteiger partial charge on any atom is -0.395 e. The summed E-state index contributed by atoms with van der Waals surface area (Å²) in [5, 5.41) is 16.7. The minimum atomic E-state index is -3.67. The number of rotatable bonds is 4. The molecule has 0 aliphatic heterocycles. The maximum absolute atomic E-state index is 9.19. The SMILES string of the molecule is CN(CCO)CCO.CS(=O)(=O)O. The maximum atomic E-state index is 9.19. The van der Waals surface area contributed by atoms with Crippen LogP contribution in [0.1, 0.15) is 0 Å². The fraction of sp³-hybridized carbons (Fsp3) is 1.00. The molecule has 82 valence electrons. The van der Waals surface area contributed by atoms with Crippen LogP contribution in [0.15, 0.2) is 0 Å². The molecule has 0 aromatic carbocycles. The summed E-state index contributed by atoms with van der Waals surface area (Å²) in [5.74, 6) is 0. The standard InChI is InChI=1S/C5H13NO2.CH4O3S/c1-6(2-4-7)3-5-8;1-5(2,3)4/h7-8H,2-5H2,1H3;1H3,(H,2,3,4). The first kappa shape index (κ1) is 15.3. The first-order valence-electron chi connectivity index (χ1n) is 3.64. The van der Waals surface area contributed by atoms with Gasteiger partial charge in [-0.3, -0.25) is 4.55 Å². The van der Waals surface area contributed by atoms with Crippen molar-refractivity contribution in [1.82, 2.24) is 4.90 Å². The number of hydrogen-bond donors (Lipinski definition) is 3. The van der Waals surface area contributed by atoms with E-state index < -0.39 is 10.1 Å². The Morgan fingerprint density at radius 1 is 1.15 bits per heavy atom. The summed E-state index contributed by atoms with van der Waals surface area (Å²) in [7, 11) is -1.81. The molecule has 0 aliphatic rings. The smallest absolute Gasteiger partial charge is 0.261 e. The van der Waals surface area contributed by atoms with E-state index in [0.29, 0.717) is 19.3 Å². The quantitative estimate of drug-likeness (QED) is 0.489. The van der Waals surface area contributed by atoms with Crippen LogP contribution in [0.25, 0.3) is 0 Å². The van der Waals surface area contributed by atoms with Gasteiger partial charge in [0.25, 0.3) is 10.1 Å². The second-order valence-corrected chi connectivity index (χ2v) is 3.95. The summed E-state index contributed by atoms with van der Waals surface area (Å²) in [5.41, 5.74) is 0. The van der Waals surface area contributed by atoms with Crippen molar-refractivity contribution in [3.8, 4) is 0 Å². The lowest BCUT2D eigenvalue weighted by Gasteiger charge is -2.11. The summed E-state index contributed by atoms with van der Waals surface area (Å²) < 4.78 is 25.9. The Morgan fingerprint density at radius 3 is 1.54 bits per heavy atom. The zero-order valence-electron chi connectivity index (χ0n) is 7.84. The molecule has 0 aromatic heterocycles. The van der Waals surface area contributed by atoms with Crippen molar-refractivity contribution in [3.05, 3.63) is 0 Å². The molecule has 0 saturated heterocycles. The average Bonchev–Trinajstić information content (AvgIpc) is 1.84. The minimum absolute atomic E-state index is 0.163. The second-order valence-electron chi connectivity index (χ2n) is 2.48. The summed E-state index contributed by atoms with van der Waals surface area (Å²) in [6, 6.07) is 0. The van der Waals surface area contributed by atoms with Crippen molar-refractivity contribution in [2.75, 3.05) is 39.6 Å². The molecule has 0 spiro atoms. The number of likely N-dealkylation sites (N-methyl/N-ethyl adjacent to an activating group) is 1. The first-order chi connectivity index (χ1) is 5.81. The first-order valence-corrected chi connectivity index (χ1v) is 5.48. The molecule has 3 N–H and O–H groups in total. The van der Waals surface area contributed by atoms with E-state index in [4.69, 9.17) is 14.8 Å². The molecule has 0 radical (unpaired) electrons. The summed E-state index contributed by atoms with van der Waals surface area (Å²) in [6.45, 7) is 1.61. The largest absolute Gasteiger partial charge is 0.395 e. The van der Waals surface area contributed by atoms with Crippen molar-refractivity contribution < 1.29 is 23.2 Å². The molecule has 0 heterocycles. The van der Waals surface area contributed by atoms with E-state index in [1.807, 2.05) is 11.9 Å². The van der Waals surface area contributed by atoms with Gasteiger partial charge in [0.2, 0.25) is 0 Å². The lowest BCUT2D eigenvalue weighted by Crippen LogP contribution is -2.25. The average molecular weight is 215 g/mol. The Kier molecular flexibility index (Phi) is 9.86. The Labute approximate surface area is 78.5 Å². The topological polar surface area (TPSA) is 98.1 Å². The van der Waals surface area contributed by atoms with E-state index in [0.717, 1.165) is 0 Å². The normalized spacial score (nSPS) is 10.9. The Hall–Kier alpha value is -0.210. The molecular formula is C6H17NO5S. The van der Waals surface area contributed by atoms with Crippen LogP contribution in [-0.2, 0) is 10.1 Å². The number of aliphatic hydroxyl groups excluding tert-OH is 2. The third-order valence-corrected chi connectivity index (χ3v) is 0.963. The zero-order valence-corrected chi connectivity index (χ0v) is 8.66. The predicted molar refractivity (Wildman–Crippen MR) is 49.1 cm³/mol. The molecule has 0 saturated carbocycles. The summed E-state index contributed by atoms with van der Waals surface area (Å²) >= 11 is 0. The van der Waals surface area contributed by atoms with Crippen LogP contribution in [-0.4, -0.2) is 67.7 Å². The van der Waals surface area contributed by atoms with Crippen LogP contribution in [0.2, 0.25) is 0 Å². The van der Waals surface area contributed by atoms with Gasteiger partial charge in [-0.1, -0.05) is 0 Å². The third kappa shape index (κ3) is 33.7. The third-order valence-electron chi connectivity index (χ3n) is 0.963. The van der Waals surface area contributed by atoms with Crippen LogP contribution < -0.4 is 0 Å². The molecule has 0 atom stereocenters. The molecule has 0 rings (SSSR count). The monoisotopic (exact) mass is 215 g/mol. The second kappa shape index (κ2) is 8.39. The molecule has 0 aliphatic carbocycles. The van der Waals surface area contributed by atoms with Crippen LogP contribution in [0.4, 0.5) is 0 Å². The Morgan fingerprint density at radius 2 is 1.38 bits per heavy atom. The highest BCUT2D eigenvalue weighted by Crippen LogP contribution is 1.76. The highest BCUT2D eigenvalue weighted by molar-refractivity contribution is 7.85. The molecule has 0 amide bonds. The maximum Gasteiger partial charge on any atom is 0.261 e. The lowest BCUT2D eigenvalue weighted by atomic mass is 10.5. The van der Waals surface area contributed by atoms with Crippen molar-refractivity contribution >= 4 is 10.1 Å². The molecular weight excluding hydrogens is 198 g/mol. The number of nitrogens with zero attached hydrogens (tertiary/aromatic N) is 1. The van der Waals surface area contributed by atoms with Gasteiger partial charge in [-0.25, -0.2) is 0 Å². The number of hydrogen-bond acceptors (Lipinski definition) is 5. The van der Waals surface area contributed by atoms with E-state index in [1.165, 1.54) is 0 Å². The van der Waals surface area contributed by atoms with E-state index in [2.05, 4.69) is 0 Å². The van der Waals surface area contributed by atoms with Crippen molar-refractivity contribution in [1.29, 1.82) is 0 Å². The van der Waals surface area contributed by atoms with Gasteiger partial charge >= 0.3 is 0 Å². The fourth-order valence-corrected chi connectivity index (χ4v) is 0.453. The van der Waals surface area contributed by atoms with Gasteiger partial charge in [-0.2, -0.15) is 8.42 Å². The summed E-state index contributed by atoms with van der Waals surface area (Å²) in [6.07, 6.45) is 0.715. The number of aliphatic hydroxyl groups is 2. The van der Waals surface area contributed by atoms with Gasteiger partial charge in [0.1, 0.15) is 0 Å². The molecule has 0 aromatic rings. The van der Waals surface area contributed by atoms with Gasteiger partial charge in [-0.05, 0) is 7.05 Å². The van der Waals surface area contributed by atoms with E-state index in [9.17, 15) is 8.42 Å². The van der Waals surface area contributed by atoms with Gasteiger partial charge in [-0.15, -0.1) is 0 Å². The van der Waals surface area contributed by atoms with Gasteiger partial charge in [0, 0.05) is 13.1 Å². The molecule has 0 bridgehead atoms. The van der Waals surface area contributed by atoms with Crippen LogP contribution in [0.3, 0.4) is 0 Å². The van der Waals surface area contributed by atoms with Gasteiger partial charge in [0.05, 0.1) is 19.5 Å². The lowest BCUT2D eigenvalue weighted by molar-refractivity contribution is 0.184. The van der Waals surface area contributed by atoms with Crippen LogP contribution >= 0.6 is 0 Å². The fourth-order valence-electron chi connectivity index (χ4n) is 0.453. The molecule has 0 fully saturated rings. The zero-order chi connectivity index (χ0) is 10.9. The van der Waals surface area contributed by atoms with Crippen molar-refractivity contribution in [3.63, 3.8) is 0 Å². The van der Waals surface area contributed by atoms with Crippen LogP contribution in [0, 0.1) is 0 Å². The predicted octanol–water partition coefficient (Wildman–Crippen LogP) is -1.59. The van der Waals surface area contributed by atoms with E-state index in [-0.39, 0.29) is 13.2 Å². The Bertz CT molecular complexity index is 177. The molecule has 6 nitrogen and oxygen atoms in total. The molecule has 7 heteroatoms. The van der Waals surface area contributed by atoms with Crippen molar-refractivity contribution in [2.45, 2.75) is 0 Å². The summed E-state index contributed by atoms with van der Waals surface area (Å²) in [4.78, 5) is 1.86. The van der Waals surface area contributed by atoms with Gasteiger partial charge < -0.3 is 15.1 Å². The molecule has 0 unspecified atom stereocenters.